The third-order valence-corrected chi connectivity index (χ3v) is 2.96. The zero-order valence-corrected chi connectivity index (χ0v) is 9.35. The number of rotatable bonds is 3. The molecule has 78 valence electrons. The van der Waals surface area contributed by atoms with E-state index in [-0.39, 0.29) is 0 Å². The summed E-state index contributed by atoms with van der Waals surface area (Å²) in [6, 6.07) is 6.24. The van der Waals surface area contributed by atoms with Gasteiger partial charge in [-0.2, -0.15) is 0 Å². The molecule has 0 amide bonds. The van der Waals surface area contributed by atoms with Crippen LogP contribution in [0.3, 0.4) is 0 Å². The summed E-state index contributed by atoms with van der Waals surface area (Å²) < 4.78 is 21.3. The highest BCUT2D eigenvalue weighted by atomic mass is 35.7. The summed E-state index contributed by atoms with van der Waals surface area (Å²) in [5, 5.41) is 9.96. The van der Waals surface area contributed by atoms with Gasteiger partial charge in [-0.15, -0.1) is 0 Å². The number of halogens is 2. The maximum atomic E-state index is 10.7. The van der Waals surface area contributed by atoms with Crippen molar-refractivity contribution in [1.82, 2.24) is 0 Å². The van der Waals surface area contributed by atoms with Crippen LogP contribution < -0.4 is 0 Å². The van der Waals surface area contributed by atoms with Crippen LogP contribution in [-0.4, -0.2) is 19.3 Å². The minimum absolute atomic E-state index is 0.471. The van der Waals surface area contributed by atoms with E-state index in [1.54, 1.807) is 24.3 Å². The Morgan fingerprint density at radius 3 is 2.21 bits per heavy atom. The second-order valence-electron chi connectivity index (χ2n) is 2.77. The van der Waals surface area contributed by atoms with E-state index in [1.165, 1.54) is 0 Å². The number of hydrogen-bond acceptors (Lipinski definition) is 3. The summed E-state index contributed by atoms with van der Waals surface area (Å²) in [5.41, 5.74) is 0.471. The van der Waals surface area contributed by atoms with Gasteiger partial charge in [0.25, 0.3) is 0 Å². The molecule has 1 rings (SSSR count). The fraction of sp³-hybridized carbons (Fsp3) is 0.250. The summed E-state index contributed by atoms with van der Waals surface area (Å²) >= 11 is 5.62. The van der Waals surface area contributed by atoms with Gasteiger partial charge in [-0.05, 0) is 17.7 Å². The molecule has 1 unspecified atom stereocenters. The average Bonchev–Trinajstić information content (AvgIpc) is 2.02. The highest BCUT2D eigenvalue weighted by Crippen LogP contribution is 2.18. The lowest BCUT2D eigenvalue weighted by Crippen LogP contribution is -2.09. The van der Waals surface area contributed by atoms with Crippen molar-refractivity contribution < 1.29 is 13.5 Å². The molecule has 1 aromatic carbocycles. The van der Waals surface area contributed by atoms with E-state index in [1.807, 2.05) is 0 Å². The molecule has 1 atom stereocenters. The number of aliphatic hydroxyl groups is 1. The zero-order chi connectivity index (χ0) is 10.8. The first-order valence-corrected chi connectivity index (χ1v) is 6.60. The second-order valence-corrected chi connectivity index (χ2v) is 6.03. The van der Waals surface area contributed by atoms with Crippen LogP contribution in [0.25, 0.3) is 0 Å². The Balaban J connectivity index is 2.80. The Kier molecular flexibility index (Phi) is 3.78. The van der Waals surface area contributed by atoms with E-state index < -0.39 is 20.9 Å². The van der Waals surface area contributed by atoms with E-state index in [9.17, 15) is 13.5 Å². The largest absolute Gasteiger partial charge is 0.387 e. The summed E-state index contributed by atoms with van der Waals surface area (Å²) in [6.07, 6.45) is -1.12. The minimum atomic E-state index is -3.69. The summed E-state index contributed by atoms with van der Waals surface area (Å²) in [5.74, 6) is -0.504. The van der Waals surface area contributed by atoms with Gasteiger partial charge >= 0.3 is 0 Å². The van der Waals surface area contributed by atoms with E-state index >= 15 is 0 Å². The molecular formula is C8H8Cl2O3S. The molecule has 0 aliphatic rings. The molecule has 0 radical (unpaired) electrons. The third-order valence-electron chi connectivity index (χ3n) is 1.61. The van der Waals surface area contributed by atoms with Crippen molar-refractivity contribution in [2.75, 3.05) is 5.75 Å². The van der Waals surface area contributed by atoms with Crippen molar-refractivity contribution in [3.8, 4) is 0 Å². The van der Waals surface area contributed by atoms with E-state index in [2.05, 4.69) is 0 Å². The monoisotopic (exact) mass is 254 g/mol. The first-order valence-electron chi connectivity index (χ1n) is 3.74. The molecule has 0 saturated heterocycles. The predicted octanol–water partition coefficient (Wildman–Crippen LogP) is 1.94. The van der Waals surface area contributed by atoms with Crippen molar-refractivity contribution >= 4 is 31.3 Å². The van der Waals surface area contributed by atoms with Gasteiger partial charge in [-0.3, -0.25) is 0 Å². The Morgan fingerprint density at radius 2 is 1.79 bits per heavy atom. The molecule has 1 N–H and O–H groups in total. The van der Waals surface area contributed by atoms with E-state index in [0.29, 0.717) is 10.6 Å². The summed E-state index contributed by atoms with van der Waals surface area (Å²) in [6.45, 7) is 0. The van der Waals surface area contributed by atoms with Crippen molar-refractivity contribution in [2.45, 2.75) is 6.10 Å². The second kappa shape index (κ2) is 4.49. The maximum absolute atomic E-state index is 10.7. The molecule has 0 saturated carbocycles. The first-order chi connectivity index (χ1) is 6.38. The van der Waals surface area contributed by atoms with Crippen LogP contribution in [0.15, 0.2) is 24.3 Å². The molecule has 0 heterocycles. The predicted molar refractivity (Wildman–Crippen MR) is 56.1 cm³/mol. The quantitative estimate of drug-likeness (QED) is 0.840. The van der Waals surface area contributed by atoms with Crippen LogP contribution >= 0.6 is 22.3 Å². The molecule has 3 nitrogen and oxygen atoms in total. The van der Waals surface area contributed by atoms with Gasteiger partial charge in [0.15, 0.2) is 0 Å². The van der Waals surface area contributed by atoms with Crippen LogP contribution in [0.2, 0.25) is 5.02 Å². The van der Waals surface area contributed by atoms with Crippen molar-refractivity contribution in [2.24, 2.45) is 0 Å². The number of hydrogen-bond donors (Lipinski definition) is 1. The van der Waals surface area contributed by atoms with Crippen LogP contribution in [0.5, 0.6) is 0 Å². The smallest absolute Gasteiger partial charge is 0.235 e. The van der Waals surface area contributed by atoms with Gasteiger partial charge in [0.1, 0.15) is 0 Å². The van der Waals surface area contributed by atoms with Gasteiger partial charge in [0, 0.05) is 15.7 Å². The van der Waals surface area contributed by atoms with Crippen molar-refractivity contribution in [1.29, 1.82) is 0 Å². The highest BCUT2D eigenvalue weighted by molar-refractivity contribution is 8.13. The maximum Gasteiger partial charge on any atom is 0.235 e. The third kappa shape index (κ3) is 3.84. The Labute approximate surface area is 91.7 Å². The summed E-state index contributed by atoms with van der Waals surface area (Å²) in [7, 11) is 1.30. The lowest BCUT2D eigenvalue weighted by molar-refractivity contribution is 0.202. The SMILES string of the molecule is O=S(=O)(Cl)CC(O)c1ccc(Cl)cc1. The topological polar surface area (TPSA) is 54.4 Å². The standard InChI is InChI=1S/C8H8Cl2O3S/c9-7-3-1-6(2-4-7)8(11)5-14(10,12)13/h1-4,8,11H,5H2. The van der Waals surface area contributed by atoms with Crippen LogP contribution in [-0.2, 0) is 9.05 Å². The average molecular weight is 255 g/mol. The molecule has 0 spiro atoms. The molecule has 6 heteroatoms. The fourth-order valence-electron chi connectivity index (χ4n) is 0.970. The van der Waals surface area contributed by atoms with Gasteiger partial charge < -0.3 is 5.11 Å². The van der Waals surface area contributed by atoms with Gasteiger partial charge in [-0.25, -0.2) is 8.42 Å². The Bertz CT molecular complexity index is 399. The molecule has 0 fully saturated rings. The highest BCUT2D eigenvalue weighted by Gasteiger charge is 2.15. The summed E-state index contributed by atoms with van der Waals surface area (Å²) in [4.78, 5) is 0. The van der Waals surface area contributed by atoms with Gasteiger partial charge in [0.05, 0.1) is 11.9 Å². The van der Waals surface area contributed by atoms with Crippen LogP contribution in [0.1, 0.15) is 11.7 Å². The Hall–Kier alpha value is -0.290. The first kappa shape index (κ1) is 11.8. The lowest BCUT2D eigenvalue weighted by Gasteiger charge is -2.08. The van der Waals surface area contributed by atoms with Crippen LogP contribution in [0.4, 0.5) is 0 Å². The zero-order valence-electron chi connectivity index (χ0n) is 7.02. The lowest BCUT2D eigenvalue weighted by atomic mass is 10.1. The molecule has 0 aromatic heterocycles. The van der Waals surface area contributed by atoms with E-state index in [0.717, 1.165) is 0 Å². The Morgan fingerprint density at radius 1 is 1.29 bits per heavy atom. The number of aliphatic hydroxyl groups excluding tert-OH is 1. The van der Waals surface area contributed by atoms with Crippen molar-refractivity contribution in [3.05, 3.63) is 34.9 Å². The molecule has 0 aliphatic heterocycles. The van der Waals surface area contributed by atoms with Gasteiger partial charge in [0.2, 0.25) is 9.05 Å². The fourth-order valence-corrected chi connectivity index (χ4v) is 2.02. The molecule has 0 bridgehead atoms. The normalized spacial score (nSPS) is 13.9. The minimum Gasteiger partial charge on any atom is -0.387 e. The van der Waals surface area contributed by atoms with E-state index in [4.69, 9.17) is 22.3 Å². The van der Waals surface area contributed by atoms with Gasteiger partial charge in [-0.1, -0.05) is 23.7 Å². The molecular weight excluding hydrogens is 247 g/mol. The van der Waals surface area contributed by atoms with Crippen molar-refractivity contribution in [3.63, 3.8) is 0 Å². The number of benzene rings is 1. The van der Waals surface area contributed by atoms with Crippen LogP contribution in [0, 0.1) is 0 Å². The molecule has 1 aromatic rings. The molecule has 14 heavy (non-hydrogen) atoms. The molecule has 0 aliphatic carbocycles.